The predicted octanol–water partition coefficient (Wildman–Crippen LogP) is 1.74. The highest BCUT2D eigenvalue weighted by atomic mass is 32.2. The molecule has 0 aliphatic rings. The highest BCUT2D eigenvalue weighted by Gasteiger charge is 2.14. The first-order valence-corrected chi connectivity index (χ1v) is 10.2. The number of carbonyl (C=O) groups excluding carboxylic acids is 1. The van der Waals surface area contributed by atoms with Crippen molar-refractivity contribution in [3.63, 3.8) is 0 Å². The van der Waals surface area contributed by atoms with Crippen molar-refractivity contribution < 1.29 is 17.6 Å². The van der Waals surface area contributed by atoms with Crippen LogP contribution in [0.2, 0.25) is 0 Å². The van der Waals surface area contributed by atoms with Gasteiger partial charge in [-0.05, 0) is 23.3 Å². The number of aliphatic imine (C=N–C) groups is 1. The largest absolute Gasteiger partial charge is 0.430 e. The summed E-state index contributed by atoms with van der Waals surface area (Å²) >= 11 is 0. The van der Waals surface area contributed by atoms with Crippen molar-refractivity contribution in [3.8, 4) is 0 Å². The summed E-state index contributed by atoms with van der Waals surface area (Å²) in [7, 11) is -3.80. The molecular weight excluding hydrogens is 406 g/mol. The number of rotatable bonds is 7. The van der Waals surface area contributed by atoms with Crippen LogP contribution >= 0.6 is 0 Å². The lowest BCUT2D eigenvalue weighted by molar-refractivity contribution is 0.111. The van der Waals surface area contributed by atoms with E-state index in [-0.39, 0.29) is 28.9 Å². The van der Waals surface area contributed by atoms with Gasteiger partial charge in [0.05, 0.1) is 4.90 Å². The Labute approximate surface area is 173 Å². The summed E-state index contributed by atoms with van der Waals surface area (Å²) in [4.78, 5) is 18.8. The minimum atomic E-state index is -3.80. The fraction of sp³-hybridized carbons (Fsp3) is 0.0500. The maximum absolute atomic E-state index is 11.5. The van der Waals surface area contributed by atoms with Gasteiger partial charge in [-0.1, -0.05) is 42.5 Å². The SMILES string of the molecule is NC(=Nc1nc(C=O)co1)C(Cc1ccc(S(N)(=O)=O)cc1)=C(N)c1ccccc1. The molecule has 3 aromatic rings. The average Bonchev–Trinajstić information content (AvgIpc) is 3.19. The maximum Gasteiger partial charge on any atom is 0.324 e. The van der Waals surface area contributed by atoms with E-state index in [4.69, 9.17) is 21.0 Å². The van der Waals surface area contributed by atoms with Gasteiger partial charge in [-0.15, -0.1) is 0 Å². The molecule has 0 radical (unpaired) electrons. The van der Waals surface area contributed by atoms with Crippen molar-refractivity contribution in [1.82, 2.24) is 4.98 Å². The third kappa shape index (κ3) is 4.99. The van der Waals surface area contributed by atoms with Crippen molar-refractivity contribution in [2.75, 3.05) is 0 Å². The van der Waals surface area contributed by atoms with Gasteiger partial charge in [0.2, 0.25) is 10.0 Å². The first kappa shape index (κ1) is 21.0. The molecule has 0 amide bonds. The van der Waals surface area contributed by atoms with E-state index in [1.165, 1.54) is 12.1 Å². The Bertz CT molecular complexity index is 1210. The molecule has 0 saturated heterocycles. The smallest absolute Gasteiger partial charge is 0.324 e. The first-order chi connectivity index (χ1) is 14.3. The summed E-state index contributed by atoms with van der Waals surface area (Å²) in [6.45, 7) is 0. The molecule has 0 atom stereocenters. The predicted molar refractivity (Wildman–Crippen MR) is 112 cm³/mol. The second-order valence-electron chi connectivity index (χ2n) is 6.29. The summed E-state index contributed by atoms with van der Waals surface area (Å²) in [5.74, 6) is 0.0474. The van der Waals surface area contributed by atoms with Gasteiger partial charge in [0.25, 0.3) is 0 Å². The summed E-state index contributed by atoms with van der Waals surface area (Å²) < 4.78 is 28.0. The lowest BCUT2D eigenvalue weighted by atomic mass is 9.99. The lowest BCUT2D eigenvalue weighted by Crippen LogP contribution is -2.20. The Balaban J connectivity index is 2.02. The second kappa shape index (κ2) is 8.72. The molecule has 0 fully saturated rings. The molecular formula is C20H19N5O4S. The highest BCUT2D eigenvalue weighted by molar-refractivity contribution is 7.89. The van der Waals surface area contributed by atoms with Crippen LogP contribution in [0.1, 0.15) is 21.6 Å². The van der Waals surface area contributed by atoms with Crippen LogP contribution in [0.4, 0.5) is 6.01 Å². The van der Waals surface area contributed by atoms with Gasteiger partial charge in [-0.25, -0.2) is 13.6 Å². The third-order valence-corrected chi connectivity index (χ3v) is 5.13. The van der Waals surface area contributed by atoms with Gasteiger partial charge in [0, 0.05) is 17.7 Å². The molecule has 0 aliphatic heterocycles. The normalized spacial score (nSPS) is 13.0. The van der Waals surface area contributed by atoms with Crippen molar-refractivity contribution in [2.45, 2.75) is 11.3 Å². The van der Waals surface area contributed by atoms with E-state index >= 15 is 0 Å². The number of nitrogens with two attached hydrogens (primary N) is 3. The van der Waals surface area contributed by atoms with Gasteiger partial charge in [-0.3, -0.25) is 4.79 Å². The number of amidine groups is 1. The van der Waals surface area contributed by atoms with E-state index in [1.807, 2.05) is 30.3 Å². The number of hydrogen-bond acceptors (Lipinski definition) is 7. The van der Waals surface area contributed by atoms with Gasteiger partial charge in [0.1, 0.15) is 17.8 Å². The fourth-order valence-electron chi connectivity index (χ4n) is 2.67. The van der Waals surface area contributed by atoms with Crippen molar-refractivity contribution in [1.29, 1.82) is 0 Å². The number of aromatic nitrogens is 1. The van der Waals surface area contributed by atoms with E-state index in [9.17, 15) is 13.2 Å². The quantitative estimate of drug-likeness (QED) is 0.294. The molecule has 0 bridgehead atoms. The van der Waals surface area contributed by atoms with Crippen molar-refractivity contribution in [3.05, 3.63) is 83.3 Å². The van der Waals surface area contributed by atoms with Gasteiger partial charge in [-0.2, -0.15) is 9.98 Å². The molecule has 3 rings (SSSR count). The van der Waals surface area contributed by atoms with Gasteiger partial charge < -0.3 is 15.9 Å². The number of benzene rings is 2. The van der Waals surface area contributed by atoms with Crippen LogP contribution in [0, 0.1) is 0 Å². The topological polar surface area (TPSA) is 168 Å². The Kier molecular flexibility index (Phi) is 6.09. The van der Waals surface area contributed by atoms with E-state index in [2.05, 4.69) is 9.98 Å². The van der Waals surface area contributed by atoms with E-state index in [0.29, 0.717) is 17.6 Å². The van der Waals surface area contributed by atoms with Crippen molar-refractivity contribution in [2.24, 2.45) is 21.6 Å². The van der Waals surface area contributed by atoms with Crippen LogP contribution in [-0.4, -0.2) is 25.5 Å². The summed E-state index contributed by atoms with van der Waals surface area (Å²) in [5.41, 5.74) is 15.0. The molecule has 1 aromatic heterocycles. The maximum atomic E-state index is 11.5. The number of carbonyl (C=O) groups is 1. The number of sulfonamides is 1. The second-order valence-corrected chi connectivity index (χ2v) is 7.86. The Morgan fingerprint density at radius 1 is 1.07 bits per heavy atom. The van der Waals surface area contributed by atoms with Crippen LogP contribution in [0.3, 0.4) is 0 Å². The summed E-state index contributed by atoms with van der Waals surface area (Å²) in [6, 6.07) is 15.1. The van der Waals surface area contributed by atoms with Gasteiger partial charge >= 0.3 is 6.01 Å². The zero-order valence-corrected chi connectivity index (χ0v) is 16.5. The number of primary sulfonamides is 1. The zero-order chi connectivity index (χ0) is 21.7. The fourth-order valence-corrected chi connectivity index (χ4v) is 3.18. The van der Waals surface area contributed by atoms with E-state index < -0.39 is 10.0 Å². The minimum absolute atomic E-state index is 0.00405. The molecule has 2 aromatic carbocycles. The van der Waals surface area contributed by atoms with E-state index in [0.717, 1.165) is 17.4 Å². The number of hydrogen-bond donors (Lipinski definition) is 3. The molecule has 10 heteroatoms. The molecule has 154 valence electrons. The average molecular weight is 425 g/mol. The number of nitrogens with zero attached hydrogens (tertiary/aromatic N) is 2. The Hall–Kier alpha value is -3.76. The molecule has 9 nitrogen and oxygen atoms in total. The Morgan fingerprint density at radius 2 is 1.73 bits per heavy atom. The molecule has 6 N–H and O–H groups in total. The number of aldehydes is 1. The zero-order valence-electron chi connectivity index (χ0n) is 15.7. The van der Waals surface area contributed by atoms with Crippen molar-refractivity contribution >= 4 is 33.9 Å². The monoisotopic (exact) mass is 425 g/mol. The van der Waals surface area contributed by atoms with Crippen LogP contribution in [-0.2, 0) is 16.4 Å². The summed E-state index contributed by atoms with van der Waals surface area (Å²) in [6.07, 6.45) is 1.94. The molecule has 0 spiro atoms. The minimum Gasteiger partial charge on any atom is -0.430 e. The molecule has 0 aliphatic carbocycles. The van der Waals surface area contributed by atoms with Gasteiger partial charge in [0.15, 0.2) is 6.29 Å². The first-order valence-electron chi connectivity index (χ1n) is 8.69. The third-order valence-electron chi connectivity index (χ3n) is 4.20. The molecule has 0 unspecified atom stereocenters. The summed E-state index contributed by atoms with van der Waals surface area (Å²) in [5, 5.41) is 5.14. The highest BCUT2D eigenvalue weighted by Crippen LogP contribution is 2.21. The van der Waals surface area contributed by atoms with Crippen LogP contribution in [0.5, 0.6) is 0 Å². The molecule has 30 heavy (non-hydrogen) atoms. The molecule has 0 saturated carbocycles. The molecule has 1 heterocycles. The van der Waals surface area contributed by atoms with E-state index in [1.54, 1.807) is 12.1 Å². The Morgan fingerprint density at radius 3 is 2.30 bits per heavy atom. The van der Waals surface area contributed by atoms with Crippen LogP contribution < -0.4 is 16.6 Å². The van der Waals surface area contributed by atoms with Crippen LogP contribution in [0.25, 0.3) is 5.70 Å². The number of oxazole rings is 1. The lowest BCUT2D eigenvalue weighted by Gasteiger charge is -2.12. The van der Waals surface area contributed by atoms with Crippen LogP contribution in [0.15, 0.2) is 80.7 Å². The standard InChI is InChI=1S/C20H19N5O4S/c21-18(14-4-2-1-3-5-14)17(19(22)25-20-24-15(11-26)12-29-20)10-13-6-8-16(9-7-13)30(23,27)28/h1-9,11-12H,10,21H2,(H2,22,24,25)(H2,23,27,28).